The van der Waals surface area contributed by atoms with Gasteiger partial charge in [-0.1, -0.05) is 0 Å². The summed E-state index contributed by atoms with van der Waals surface area (Å²) in [6.07, 6.45) is -4.83. The minimum atomic E-state index is -4.60. The molecule has 2 heterocycles. The second-order valence-electron chi connectivity index (χ2n) is 5.90. The summed E-state index contributed by atoms with van der Waals surface area (Å²) >= 11 is 0. The highest BCUT2D eigenvalue weighted by Gasteiger charge is 2.44. The molecule has 2 N–H and O–H groups in total. The third kappa shape index (κ3) is 3.19. The predicted molar refractivity (Wildman–Crippen MR) is 79.0 cm³/mol. The maximum absolute atomic E-state index is 12.5. The highest BCUT2D eigenvalue weighted by atomic mass is 19.4. The van der Waals surface area contributed by atoms with Crippen LogP contribution in [0.5, 0.6) is 0 Å². The third-order valence-corrected chi connectivity index (χ3v) is 4.41. The average molecular weight is 326 g/mol. The van der Waals surface area contributed by atoms with E-state index in [1.807, 2.05) is 12.1 Å². The summed E-state index contributed by atoms with van der Waals surface area (Å²) in [6.45, 7) is 0.448. The zero-order valence-electron chi connectivity index (χ0n) is 12.3. The lowest BCUT2D eigenvalue weighted by atomic mass is 9.90. The molecular formula is C16H17F3N2O2. The first-order valence-electron chi connectivity index (χ1n) is 7.47. The fourth-order valence-electron chi connectivity index (χ4n) is 3.05. The van der Waals surface area contributed by atoms with Gasteiger partial charge in [-0.2, -0.15) is 13.2 Å². The summed E-state index contributed by atoms with van der Waals surface area (Å²) in [7, 11) is 0. The molecule has 0 spiro atoms. The number of aromatic nitrogens is 1. The van der Waals surface area contributed by atoms with E-state index in [9.17, 15) is 23.1 Å². The van der Waals surface area contributed by atoms with E-state index in [-0.39, 0.29) is 31.8 Å². The summed E-state index contributed by atoms with van der Waals surface area (Å²) in [5.74, 6) is -1.03. The fourth-order valence-corrected chi connectivity index (χ4v) is 3.05. The number of fused-ring (bicyclic) bond motifs is 1. The average Bonchev–Trinajstić information content (AvgIpc) is 3.00. The molecule has 1 aliphatic heterocycles. The van der Waals surface area contributed by atoms with Crippen LogP contribution in [0.25, 0.3) is 10.9 Å². The number of rotatable bonds is 2. The molecule has 124 valence electrons. The van der Waals surface area contributed by atoms with E-state index >= 15 is 0 Å². The van der Waals surface area contributed by atoms with E-state index < -0.39 is 18.2 Å². The Morgan fingerprint density at radius 3 is 2.61 bits per heavy atom. The van der Waals surface area contributed by atoms with Gasteiger partial charge in [0.25, 0.3) is 5.91 Å². The lowest BCUT2D eigenvalue weighted by Crippen LogP contribution is -2.45. The number of aliphatic hydroxyl groups excluding tert-OH is 1. The number of aromatic amines is 1. The van der Waals surface area contributed by atoms with Crippen molar-refractivity contribution in [3.8, 4) is 0 Å². The minimum Gasteiger partial charge on any atom is -0.383 e. The molecule has 1 fully saturated rings. The number of nitrogens with zero attached hydrogens (tertiary/aromatic N) is 1. The Morgan fingerprint density at radius 1 is 1.26 bits per heavy atom. The number of amides is 1. The summed E-state index contributed by atoms with van der Waals surface area (Å²) in [6, 6.07) is 7.14. The molecule has 1 unspecified atom stereocenters. The van der Waals surface area contributed by atoms with Crippen LogP contribution in [-0.4, -0.2) is 46.3 Å². The molecule has 1 saturated heterocycles. The van der Waals surface area contributed by atoms with E-state index in [1.54, 1.807) is 23.2 Å². The van der Waals surface area contributed by atoms with Crippen molar-refractivity contribution in [3.63, 3.8) is 0 Å². The molecule has 2 aromatic rings. The van der Waals surface area contributed by atoms with Crippen LogP contribution in [0.2, 0.25) is 0 Å². The topological polar surface area (TPSA) is 56.3 Å². The number of piperidine rings is 1. The van der Waals surface area contributed by atoms with E-state index in [2.05, 4.69) is 4.98 Å². The van der Waals surface area contributed by atoms with Crippen LogP contribution < -0.4 is 0 Å². The maximum Gasteiger partial charge on any atom is 0.414 e. The van der Waals surface area contributed by atoms with Crippen molar-refractivity contribution in [1.82, 2.24) is 9.88 Å². The van der Waals surface area contributed by atoms with Crippen LogP contribution in [0.15, 0.2) is 30.5 Å². The van der Waals surface area contributed by atoms with Crippen molar-refractivity contribution in [2.75, 3.05) is 13.1 Å². The molecule has 0 saturated carbocycles. The molecule has 0 bridgehead atoms. The summed E-state index contributed by atoms with van der Waals surface area (Å²) < 4.78 is 37.6. The van der Waals surface area contributed by atoms with Gasteiger partial charge in [-0.15, -0.1) is 0 Å². The number of carbonyl (C=O) groups excluding carboxylic acids is 1. The van der Waals surface area contributed by atoms with Gasteiger partial charge in [-0.25, -0.2) is 0 Å². The van der Waals surface area contributed by atoms with Gasteiger partial charge < -0.3 is 15.0 Å². The molecule has 7 heteroatoms. The highest BCUT2D eigenvalue weighted by molar-refractivity contribution is 5.98. The lowest BCUT2D eigenvalue weighted by molar-refractivity contribution is -0.222. The van der Waals surface area contributed by atoms with Crippen molar-refractivity contribution in [2.24, 2.45) is 5.92 Å². The number of nitrogens with one attached hydrogen (secondary N) is 1. The zero-order valence-corrected chi connectivity index (χ0v) is 12.3. The molecule has 1 aliphatic rings. The van der Waals surface area contributed by atoms with Crippen LogP contribution >= 0.6 is 0 Å². The number of alkyl halides is 3. The van der Waals surface area contributed by atoms with Gasteiger partial charge in [-0.05, 0) is 43.0 Å². The van der Waals surface area contributed by atoms with Crippen LogP contribution in [0.4, 0.5) is 13.2 Å². The normalized spacial score (nSPS) is 18.3. The zero-order chi connectivity index (χ0) is 16.6. The van der Waals surface area contributed by atoms with Gasteiger partial charge in [0, 0.05) is 35.8 Å². The van der Waals surface area contributed by atoms with E-state index in [0.717, 1.165) is 10.9 Å². The van der Waals surface area contributed by atoms with Gasteiger partial charge in [0.2, 0.25) is 0 Å². The maximum atomic E-state index is 12.5. The monoisotopic (exact) mass is 326 g/mol. The summed E-state index contributed by atoms with van der Waals surface area (Å²) in [5, 5.41) is 10.2. The van der Waals surface area contributed by atoms with Gasteiger partial charge in [-0.3, -0.25) is 4.79 Å². The molecule has 0 radical (unpaired) electrons. The Bertz CT molecular complexity index is 703. The highest BCUT2D eigenvalue weighted by Crippen LogP contribution is 2.32. The predicted octanol–water partition coefficient (Wildman–Crippen LogP) is 2.94. The van der Waals surface area contributed by atoms with E-state index in [0.29, 0.717) is 5.56 Å². The molecule has 23 heavy (non-hydrogen) atoms. The van der Waals surface area contributed by atoms with Crippen LogP contribution in [0, 0.1) is 5.92 Å². The van der Waals surface area contributed by atoms with Crippen molar-refractivity contribution >= 4 is 16.8 Å². The van der Waals surface area contributed by atoms with Gasteiger partial charge in [0.15, 0.2) is 6.10 Å². The molecule has 1 aromatic heterocycles. The lowest BCUT2D eigenvalue weighted by Gasteiger charge is -2.34. The summed E-state index contributed by atoms with van der Waals surface area (Å²) in [4.78, 5) is 17.1. The first-order chi connectivity index (χ1) is 10.9. The van der Waals surface area contributed by atoms with Gasteiger partial charge >= 0.3 is 6.18 Å². The number of halogens is 3. The van der Waals surface area contributed by atoms with Crippen molar-refractivity contribution in [2.45, 2.75) is 25.1 Å². The number of benzene rings is 1. The Labute approximate surface area is 130 Å². The second-order valence-corrected chi connectivity index (χ2v) is 5.90. The minimum absolute atomic E-state index is 0.152. The molecule has 3 rings (SSSR count). The standard InChI is InChI=1S/C16H17F3N2O2/c17-16(18,19)14(22)10-4-7-21(8-5-10)15(23)12-1-2-13-11(9-12)3-6-20-13/h1-3,6,9-10,14,20,22H,4-5,7-8H2. The van der Waals surface area contributed by atoms with Crippen molar-refractivity contribution < 1.29 is 23.1 Å². The smallest absolute Gasteiger partial charge is 0.383 e. The SMILES string of the molecule is O=C(c1ccc2[nH]ccc2c1)N1CCC(C(O)C(F)(F)F)CC1. The Morgan fingerprint density at radius 2 is 1.96 bits per heavy atom. The number of aliphatic hydroxyl groups is 1. The first kappa shape index (κ1) is 15.9. The van der Waals surface area contributed by atoms with Crippen LogP contribution in [0.3, 0.4) is 0 Å². The number of hydrogen-bond acceptors (Lipinski definition) is 2. The Kier molecular flexibility index (Phi) is 4.06. The van der Waals surface area contributed by atoms with Gasteiger partial charge in [0.05, 0.1) is 0 Å². The Hall–Kier alpha value is -2.02. The van der Waals surface area contributed by atoms with Crippen molar-refractivity contribution in [3.05, 3.63) is 36.0 Å². The Balaban J connectivity index is 1.66. The van der Waals surface area contributed by atoms with Crippen LogP contribution in [-0.2, 0) is 0 Å². The largest absolute Gasteiger partial charge is 0.414 e. The van der Waals surface area contributed by atoms with Gasteiger partial charge in [0.1, 0.15) is 0 Å². The molecule has 4 nitrogen and oxygen atoms in total. The molecular weight excluding hydrogens is 309 g/mol. The third-order valence-electron chi connectivity index (χ3n) is 4.41. The molecule has 1 atom stereocenters. The number of hydrogen-bond donors (Lipinski definition) is 2. The molecule has 1 aromatic carbocycles. The summed E-state index contributed by atoms with van der Waals surface area (Å²) in [5.41, 5.74) is 1.44. The number of H-pyrrole nitrogens is 1. The van der Waals surface area contributed by atoms with Crippen molar-refractivity contribution in [1.29, 1.82) is 0 Å². The first-order valence-corrected chi connectivity index (χ1v) is 7.47. The molecule has 1 amide bonds. The van der Waals surface area contributed by atoms with Crippen LogP contribution in [0.1, 0.15) is 23.2 Å². The van der Waals surface area contributed by atoms with E-state index in [4.69, 9.17) is 0 Å². The number of carbonyl (C=O) groups is 1. The quantitative estimate of drug-likeness (QED) is 0.891. The fraction of sp³-hybridized carbons (Fsp3) is 0.438. The molecule has 0 aliphatic carbocycles. The van der Waals surface area contributed by atoms with E-state index in [1.165, 1.54) is 0 Å². The second kappa shape index (κ2) is 5.88. The number of likely N-dealkylation sites (tertiary alicyclic amines) is 1.